The molecule has 0 aromatic rings. The fraction of sp³-hybridized carbons (Fsp3) is 0.909. The van der Waals surface area contributed by atoms with E-state index in [-0.39, 0.29) is 118 Å². The second kappa shape index (κ2) is 44.2. The minimum Gasteiger partial charge on any atom is -0.776 e. The van der Waals surface area contributed by atoms with Crippen LogP contribution in [0.1, 0.15) is 39.0 Å². The van der Waals surface area contributed by atoms with E-state index in [1.807, 2.05) is 0 Å². The summed E-state index contributed by atoms with van der Waals surface area (Å²) in [4.78, 5) is 31.3. The molecule has 85 heavy (non-hydrogen) atoms. The van der Waals surface area contributed by atoms with Gasteiger partial charge in [0.2, 0.25) is 37.1 Å². The largest absolute Gasteiger partial charge is 0.776 e. The molecule has 5 fully saturated rings. The normalized spacial score (nSPS) is 29.4. The number of carbonyl (C=O) groups excluding carboxylic acids is 3. The number of hydrogen-bond donors (Lipinski definition) is 9. The second-order valence-corrected chi connectivity index (χ2v) is 22.4. The third-order valence-electron chi connectivity index (χ3n) is 10.1. The molecule has 0 aromatic carbocycles. The first-order chi connectivity index (χ1) is 37.2. The van der Waals surface area contributed by atoms with Gasteiger partial charge in [-0.3, -0.25) is 17.3 Å². The smallest absolute Gasteiger partial charge is 0.218 e. The van der Waals surface area contributed by atoms with E-state index >= 15 is 0 Å². The summed E-state index contributed by atoms with van der Waals surface area (Å²) < 4.78 is 225. The molecule has 0 radical (unpaired) electrons. The quantitative estimate of drug-likeness (QED) is 0.0310. The molecule has 0 spiro atoms. The van der Waals surface area contributed by atoms with Gasteiger partial charge in [-0.15, -0.1) is 24.6 Å². The predicted molar refractivity (Wildman–Crippen MR) is 259 cm³/mol. The van der Waals surface area contributed by atoms with Crippen molar-refractivity contribution in [2.45, 2.75) is 130 Å². The van der Waals surface area contributed by atoms with Gasteiger partial charge in [-0.1, -0.05) is 0 Å². The highest BCUT2D eigenvalue weighted by Gasteiger charge is 2.36. The average molecular weight is 1400 g/mol. The van der Waals surface area contributed by atoms with Crippen molar-refractivity contribution in [1.82, 2.24) is 14.8 Å². The van der Waals surface area contributed by atoms with Gasteiger partial charge in [0.15, 0.2) is 20.6 Å². The predicted octanol–water partition coefficient (Wildman–Crippen LogP) is -15.4. The standard InChI is InChI=1S/C8H15NO7S.C6H13NO10S3.C6H13NO7S2.C6H10O8S.C6H10O5.CH4O.4H2O/c1-5(10)9-7-4-15-6(2-8(7)11)3-16-17(12,13)14;8-18-16-2-4-1-6(17-20(12,13)14)5(3-15-4)7-19(9,10)11;8-6-1-4(2-14-15-9)13-3-5(6)7-16(10,11)12;7-3-1-4(6(8)9)13-2-5(3)14-15(10,11)12;7-3-1-5(6(9)10)11-2-4(3)8;1-2;;;;/h6-8,11H,2-4H2,1H3,(H,9,10)(H,12,13,14);4-8H,1-3H2,(H,9,10,11)(H,12,13,14);4-9H,1-3H2,(H,10,11,12);3-5,7H,1-2H2,(H,8,9)(H,10,11,12);3-5,7-8H,1-2H2,(H,9,10);2H,1H3;4*1H2/p-9. The van der Waals surface area contributed by atoms with Crippen LogP contribution in [-0.4, -0.2) is 296 Å². The second-order valence-electron chi connectivity index (χ2n) is 16.3. The van der Waals surface area contributed by atoms with Gasteiger partial charge in [-0.05, 0) is 0 Å². The summed E-state index contributed by atoms with van der Waals surface area (Å²) in [6.07, 6.45) is -13.0. The molecule has 0 saturated carbocycles. The Hall–Kier alpha value is -2.30. The first-order valence-electron chi connectivity index (χ1n) is 22.0. The van der Waals surface area contributed by atoms with E-state index in [1.165, 1.54) is 6.92 Å². The van der Waals surface area contributed by atoms with Crippen molar-refractivity contribution in [3.8, 4) is 0 Å². The van der Waals surface area contributed by atoms with Crippen LogP contribution in [0.2, 0.25) is 0 Å². The molecule has 52 heteroatoms. The summed E-state index contributed by atoms with van der Waals surface area (Å²) in [5.41, 5.74) is 0. The van der Waals surface area contributed by atoms with Gasteiger partial charge in [0.1, 0.15) is 12.2 Å². The van der Waals surface area contributed by atoms with Gasteiger partial charge >= 0.3 is 0 Å². The zero-order chi connectivity index (χ0) is 62.7. The Bertz CT molecular complexity index is 2430. The van der Waals surface area contributed by atoms with Crippen molar-refractivity contribution in [3.05, 3.63) is 0 Å². The van der Waals surface area contributed by atoms with Crippen LogP contribution in [0.5, 0.6) is 0 Å². The van der Waals surface area contributed by atoms with E-state index in [2.05, 4.69) is 35.7 Å². The lowest BCUT2D eigenvalue weighted by atomic mass is 10.0. The average Bonchev–Trinajstić information content (AvgIpc) is 3.43. The maximum atomic E-state index is 10.8. The van der Waals surface area contributed by atoms with Crippen molar-refractivity contribution in [2.75, 3.05) is 60.0 Å². The minimum absolute atomic E-state index is 0. The molecule has 5 heterocycles. The monoisotopic (exact) mass is 1400 g/mol. The molecular weight excluding hydrogens is 1330 g/mol. The molecule has 514 valence electrons. The summed E-state index contributed by atoms with van der Waals surface area (Å²) in [6.45, 7) is -0.512. The highest BCUT2D eigenvalue weighted by Crippen LogP contribution is 2.22. The summed E-state index contributed by atoms with van der Waals surface area (Å²) >= 11 is -0.258. The van der Waals surface area contributed by atoms with E-state index in [4.69, 9.17) is 29.5 Å². The lowest BCUT2D eigenvalue weighted by Crippen LogP contribution is -2.53. The van der Waals surface area contributed by atoms with Crippen LogP contribution in [-0.2, 0) is 111 Å². The molecule has 0 aliphatic carbocycles. The molecule has 5 aliphatic heterocycles. The molecule has 45 nitrogen and oxygen atoms in total. The highest BCUT2D eigenvalue weighted by molar-refractivity contribution is 7.89. The maximum Gasteiger partial charge on any atom is 0.218 e. The van der Waals surface area contributed by atoms with Crippen LogP contribution in [0, 0.1) is 0 Å². The van der Waals surface area contributed by atoms with Crippen molar-refractivity contribution < 1.29 is 196 Å². The van der Waals surface area contributed by atoms with Crippen molar-refractivity contribution in [2.24, 2.45) is 0 Å². The van der Waals surface area contributed by atoms with Crippen LogP contribution in [0.4, 0.5) is 0 Å². The van der Waals surface area contributed by atoms with Gasteiger partial charge < -0.3 is 142 Å². The topological polar surface area (TPSA) is 805 Å². The fourth-order valence-electron chi connectivity index (χ4n) is 6.61. The molecule has 17 N–H and O–H groups in total. The van der Waals surface area contributed by atoms with Gasteiger partial charge in [0.05, 0.1) is 144 Å². The Kier molecular flexibility index (Phi) is 47.6. The van der Waals surface area contributed by atoms with Crippen LogP contribution in [0.15, 0.2) is 0 Å². The molecule has 5 rings (SSSR count). The molecule has 15 unspecified atom stereocenters. The van der Waals surface area contributed by atoms with Gasteiger partial charge in [0.25, 0.3) is 0 Å². The molecule has 5 saturated heterocycles. The summed E-state index contributed by atoms with van der Waals surface area (Å²) in [7, 11) is -23.3. The lowest BCUT2D eigenvalue weighted by molar-refractivity contribution is -0.322. The summed E-state index contributed by atoms with van der Waals surface area (Å²) in [6, 6.07) is -2.83. The zero-order valence-corrected chi connectivity index (χ0v) is 49.2. The number of aliphatic hydroxyl groups excluding tert-OH is 6. The lowest BCUT2D eigenvalue weighted by Gasteiger charge is -2.36. The van der Waals surface area contributed by atoms with E-state index in [0.717, 1.165) is 7.11 Å². The molecule has 5 aliphatic rings. The number of amides is 1. The Morgan fingerprint density at radius 3 is 1.22 bits per heavy atom. The fourth-order valence-corrected chi connectivity index (χ4v) is 9.53. The van der Waals surface area contributed by atoms with E-state index < -0.39 is 175 Å². The van der Waals surface area contributed by atoms with Gasteiger partial charge in [-0.25, -0.2) is 51.5 Å². The SMILES string of the molecule is CC(=O)NC1COC(COS(=O)(=O)[O-])CC1O.CO.O.O.O.O.O=C([O-])C1CC(O)C(O)CO1.O=C([O-])C1CC(O)C(OS(=O)(=O)[O-])CO1.O=S(=O)([O-])NC1COC(COS[O-])CC1O.O=S(=O)([O-])NC1COC(COS[O-])CC1OS(=O)(=O)[O-]. The summed E-state index contributed by atoms with van der Waals surface area (Å²) in [5.74, 6) is -3.16. The summed E-state index contributed by atoms with van der Waals surface area (Å²) in [5, 5.41) is 76.3. The third-order valence-corrected chi connectivity index (χ3v) is 13.2. The number of ether oxygens (including phenoxy) is 5. The first kappa shape index (κ1) is 91.4. The first-order valence-corrected chi connectivity index (χ1v) is 30.2. The van der Waals surface area contributed by atoms with E-state index in [1.54, 1.807) is 9.44 Å². The number of nitrogens with one attached hydrogen (secondary N) is 3. The molecule has 0 bridgehead atoms. The highest BCUT2D eigenvalue weighted by atomic mass is 32.3. The third kappa shape index (κ3) is 43.9. The molecule has 1 amide bonds. The maximum absolute atomic E-state index is 10.8. The molecular formula is C33H64N3O42S7-9. The number of aliphatic carboxylic acids is 2. The number of carboxylic acids is 2. The molecule has 0 aromatic heterocycles. The number of carboxylic acid groups (broad SMARTS) is 2. The van der Waals surface area contributed by atoms with Crippen LogP contribution in [0.25, 0.3) is 0 Å². The number of carbonyl (C=O) groups is 3. The van der Waals surface area contributed by atoms with Crippen molar-refractivity contribution >= 4 is 94.3 Å². The Morgan fingerprint density at radius 2 is 0.859 bits per heavy atom. The van der Waals surface area contributed by atoms with Crippen molar-refractivity contribution in [3.63, 3.8) is 0 Å². The van der Waals surface area contributed by atoms with Crippen LogP contribution >= 0.6 is 24.6 Å². The molecule has 15 atom stereocenters. The number of rotatable bonds is 20. The van der Waals surface area contributed by atoms with Gasteiger partial charge in [0, 0.05) is 46.1 Å². The Morgan fingerprint density at radius 1 is 0.482 bits per heavy atom. The minimum atomic E-state index is -5.11. The zero-order valence-electron chi connectivity index (χ0n) is 43.5. The van der Waals surface area contributed by atoms with Crippen molar-refractivity contribution in [1.29, 1.82) is 0 Å². The van der Waals surface area contributed by atoms with Crippen LogP contribution < -0.4 is 25.0 Å². The van der Waals surface area contributed by atoms with E-state index in [9.17, 15) is 114 Å². The number of aliphatic hydroxyl groups is 6. The van der Waals surface area contributed by atoms with Gasteiger partial charge in [-0.2, -0.15) is 0 Å². The Balaban J connectivity index is -0.000000311. The number of hydrogen-bond acceptors (Lipinski definition) is 40. The van der Waals surface area contributed by atoms with E-state index in [0.29, 0.717) is 0 Å². The van der Waals surface area contributed by atoms with Crippen LogP contribution in [0.3, 0.4) is 0 Å². The Labute approximate surface area is 493 Å².